The lowest BCUT2D eigenvalue weighted by molar-refractivity contribution is 0.101. The molecule has 1 aliphatic carbocycles. The predicted octanol–water partition coefficient (Wildman–Crippen LogP) is 5.39. The molecule has 0 aromatic heterocycles. The Balaban J connectivity index is 1.93. The zero-order valence-electron chi connectivity index (χ0n) is 14.9. The summed E-state index contributed by atoms with van der Waals surface area (Å²) >= 11 is 0. The molecule has 0 heterocycles. The summed E-state index contributed by atoms with van der Waals surface area (Å²) in [6.07, 6.45) is 2.45. The lowest BCUT2D eigenvalue weighted by Gasteiger charge is -2.36. The average Bonchev–Trinajstić information content (AvgIpc) is 2.53. The molecule has 1 unspecified atom stereocenters. The lowest BCUT2D eigenvalue weighted by Crippen LogP contribution is -2.25. The molecule has 0 radical (unpaired) electrons. The summed E-state index contributed by atoms with van der Waals surface area (Å²) in [6.45, 7) is 8.49. The van der Waals surface area contributed by atoms with Crippen LogP contribution in [0.4, 0.5) is 17.1 Å². The average molecular weight is 322 g/mol. The fourth-order valence-electron chi connectivity index (χ4n) is 3.57. The number of anilines is 3. The first kappa shape index (κ1) is 16.6. The van der Waals surface area contributed by atoms with Crippen LogP contribution in [0.1, 0.15) is 67.9 Å². The first-order valence-electron chi connectivity index (χ1n) is 8.60. The van der Waals surface area contributed by atoms with Crippen molar-refractivity contribution in [2.45, 2.75) is 51.9 Å². The molecule has 2 aromatic rings. The number of carbonyl (C=O) groups is 1. The zero-order valence-corrected chi connectivity index (χ0v) is 14.9. The van der Waals surface area contributed by atoms with Gasteiger partial charge in [-0.25, -0.2) is 0 Å². The predicted molar refractivity (Wildman–Crippen MR) is 101 cm³/mol. The minimum Gasteiger partial charge on any atom is -0.397 e. The molecule has 3 heteroatoms. The van der Waals surface area contributed by atoms with E-state index in [4.69, 9.17) is 5.73 Å². The Morgan fingerprint density at radius 2 is 1.96 bits per heavy atom. The van der Waals surface area contributed by atoms with Crippen molar-refractivity contribution < 1.29 is 4.79 Å². The van der Waals surface area contributed by atoms with Gasteiger partial charge in [-0.1, -0.05) is 26.8 Å². The van der Waals surface area contributed by atoms with E-state index in [-0.39, 0.29) is 11.2 Å². The Hall–Kier alpha value is -2.29. The summed E-state index contributed by atoms with van der Waals surface area (Å²) in [4.78, 5) is 11.5. The number of nitrogens with one attached hydrogen (secondary N) is 1. The van der Waals surface area contributed by atoms with Crippen molar-refractivity contribution >= 4 is 22.8 Å². The molecule has 1 atom stereocenters. The Bertz CT molecular complexity index is 792. The van der Waals surface area contributed by atoms with E-state index in [0.717, 1.165) is 11.4 Å². The third-order valence-electron chi connectivity index (χ3n) is 5.25. The number of benzene rings is 2. The van der Waals surface area contributed by atoms with Crippen LogP contribution >= 0.6 is 0 Å². The molecule has 24 heavy (non-hydrogen) atoms. The fraction of sp³-hybridized carbons (Fsp3) is 0.381. The Labute approximate surface area is 144 Å². The first-order chi connectivity index (χ1) is 11.3. The number of Topliss-reactive ketones (excluding diaryl/α,β-unsaturated/α-hetero) is 1. The van der Waals surface area contributed by atoms with Crippen LogP contribution in [0.2, 0.25) is 0 Å². The molecule has 3 nitrogen and oxygen atoms in total. The molecule has 0 aliphatic heterocycles. The second kappa shape index (κ2) is 5.97. The number of hydrogen-bond acceptors (Lipinski definition) is 3. The number of hydrogen-bond donors (Lipinski definition) is 2. The third kappa shape index (κ3) is 3.03. The largest absolute Gasteiger partial charge is 0.397 e. The Morgan fingerprint density at radius 1 is 1.21 bits per heavy atom. The second-order valence-electron chi connectivity index (χ2n) is 7.61. The van der Waals surface area contributed by atoms with Crippen molar-refractivity contribution in [3.8, 4) is 0 Å². The van der Waals surface area contributed by atoms with E-state index in [1.165, 1.54) is 24.0 Å². The van der Waals surface area contributed by atoms with Gasteiger partial charge in [0, 0.05) is 11.3 Å². The molecule has 126 valence electrons. The molecule has 2 aromatic carbocycles. The van der Waals surface area contributed by atoms with Gasteiger partial charge in [-0.05, 0) is 72.6 Å². The fourth-order valence-corrected chi connectivity index (χ4v) is 3.57. The molecular formula is C21H26N2O. The van der Waals surface area contributed by atoms with E-state index >= 15 is 0 Å². The molecule has 0 saturated heterocycles. The molecular weight excluding hydrogens is 296 g/mol. The van der Waals surface area contributed by atoms with Gasteiger partial charge in [-0.2, -0.15) is 0 Å². The molecule has 0 spiro atoms. The minimum atomic E-state index is 0.0257. The van der Waals surface area contributed by atoms with Crippen LogP contribution in [0.3, 0.4) is 0 Å². The number of nitrogen functional groups attached to an aromatic ring is 1. The van der Waals surface area contributed by atoms with E-state index < -0.39 is 0 Å². The molecule has 0 amide bonds. The summed E-state index contributed by atoms with van der Waals surface area (Å²) in [5.74, 6) is 0.639. The van der Waals surface area contributed by atoms with Gasteiger partial charge < -0.3 is 11.1 Å². The molecule has 1 aliphatic rings. The first-order valence-corrected chi connectivity index (χ1v) is 8.60. The van der Waals surface area contributed by atoms with Gasteiger partial charge in [-0.3, -0.25) is 4.79 Å². The van der Waals surface area contributed by atoms with Crippen LogP contribution in [0.5, 0.6) is 0 Å². The summed E-state index contributed by atoms with van der Waals surface area (Å²) in [5, 5.41) is 3.40. The van der Waals surface area contributed by atoms with Crippen molar-refractivity contribution in [1.29, 1.82) is 0 Å². The number of rotatable bonds is 3. The van der Waals surface area contributed by atoms with Gasteiger partial charge in [-0.15, -0.1) is 0 Å². The maximum atomic E-state index is 11.5. The Morgan fingerprint density at radius 3 is 2.62 bits per heavy atom. The van der Waals surface area contributed by atoms with Crippen LogP contribution in [-0.4, -0.2) is 5.78 Å². The lowest BCUT2D eigenvalue weighted by atomic mass is 9.69. The quantitative estimate of drug-likeness (QED) is 0.588. The molecule has 3 N–H and O–H groups in total. The highest BCUT2D eigenvalue weighted by Gasteiger charge is 2.30. The molecule has 3 rings (SSSR count). The molecule has 0 saturated carbocycles. The van der Waals surface area contributed by atoms with E-state index in [9.17, 15) is 4.79 Å². The van der Waals surface area contributed by atoms with Crippen LogP contribution in [0, 0.1) is 0 Å². The highest BCUT2D eigenvalue weighted by Crippen LogP contribution is 2.43. The summed E-state index contributed by atoms with van der Waals surface area (Å²) < 4.78 is 0. The van der Waals surface area contributed by atoms with Gasteiger partial charge in [0.05, 0.1) is 11.4 Å². The summed E-state index contributed by atoms with van der Waals surface area (Å²) in [6, 6.07) is 12.0. The van der Waals surface area contributed by atoms with E-state index in [0.29, 0.717) is 17.2 Å². The standard InChI is InChI=1S/C21H26N2O/c1-13-9-10-21(3,4)18-12-16(6-7-17(13)18)23-20-8-5-15(14(2)24)11-19(20)22/h5-8,11-13,23H,9-10,22H2,1-4H3. The number of ketones is 1. The zero-order chi connectivity index (χ0) is 17.5. The molecule has 0 fully saturated rings. The van der Waals surface area contributed by atoms with E-state index in [1.807, 2.05) is 12.1 Å². The van der Waals surface area contributed by atoms with Gasteiger partial charge in [0.2, 0.25) is 0 Å². The van der Waals surface area contributed by atoms with Crippen molar-refractivity contribution in [1.82, 2.24) is 0 Å². The minimum absolute atomic E-state index is 0.0257. The third-order valence-corrected chi connectivity index (χ3v) is 5.25. The van der Waals surface area contributed by atoms with Crippen molar-refractivity contribution in [3.63, 3.8) is 0 Å². The van der Waals surface area contributed by atoms with Crippen LogP contribution < -0.4 is 11.1 Å². The monoisotopic (exact) mass is 322 g/mol. The second-order valence-corrected chi connectivity index (χ2v) is 7.61. The maximum absolute atomic E-state index is 11.5. The van der Waals surface area contributed by atoms with Crippen LogP contribution in [0.15, 0.2) is 36.4 Å². The highest BCUT2D eigenvalue weighted by molar-refractivity contribution is 5.96. The summed E-state index contributed by atoms with van der Waals surface area (Å²) in [5.41, 5.74) is 12.3. The van der Waals surface area contributed by atoms with Crippen molar-refractivity contribution in [3.05, 3.63) is 53.1 Å². The van der Waals surface area contributed by atoms with Gasteiger partial charge in [0.25, 0.3) is 0 Å². The number of fused-ring (bicyclic) bond motifs is 1. The molecule has 0 bridgehead atoms. The topological polar surface area (TPSA) is 55.1 Å². The van der Waals surface area contributed by atoms with Crippen molar-refractivity contribution in [2.75, 3.05) is 11.1 Å². The normalized spacial score (nSPS) is 18.8. The number of nitrogens with two attached hydrogens (primary N) is 1. The van der Waals surface area contributed by atoms with Gasteiger partial charge in [0.1, 0.15) is 0 Å². The SMILES string of the molecule is CC(=O)c1ccc(Nc2ccc3c(c2)C(C)(C)CCC3C)c(N)c1. The van der Waals surface area contributed by atoms with E-state index in [1.54, 1.807) is 13.0 Å². The van der Waals surface area contributed by atoms with Crippen LogP contribution in [0.25, 0.3) is 0 Å². The summed E-state index contributed by atoms with van der Waals surface area (Å²) in [7, 11) is 0. The van der Waals surface area contributed by atoms with Gasteiger partial charge in [0.15, 0.2) is 5.78 Å². The highest BCUT2D eigenvalue weighted by atomic mass is 16.1. The Kier molecular flexibility index (Phi) is 4.12. The van der Waals surface area contributed by atoms with E-state index in [2.05, 4.69) is 44.3 Å². The smallest absolute Gasteiger partial charge is 0.159 e. The van der Waals surface area contributed by atoms with Crippen LogP contribution in [-0.2, 0) is 5.41 Å². The van der Waals surface area contributed by atoms with Crippen molar-refractivity contribution in [2.24, 2.45) is 0 Å². The number of carbonyl (C=O) groups excluding carboxylic acids is 1. The van der Waals surface area contributed by atoms with Gasteiger partial charge >= 0.3 is 0 Å². The maximum Gasteiger partial charge on any atom is 0.159 e.